The second-order valence-electron chi connectivity index (χ2n) is 6.11. The number of amides is 1. The smallest absolute Gasteiger partial charge is 0.416 e. The Morgan fingerprint density at radius 2 is 1.83 bits per heavy atom. The van der Waals surface area contributed by atoms with Crippen molar-refractivity contribution in [2.45, 2.75) is 18.8 Å². The third-order valence-corrected chi connectivity index (χ3v) is 4.07. The maximum Gasteiger partial charge on any atom is 0.416 e. The van der Waals surface area contributed by atoms with Gasteiger partial charge >= 0.3 is 6.18 Å². The van der Waals surface area contributed by atoms with Crippen LogP contribution >= 0.6 is 0 Å². The molecule has 0 fully saturated rings. The van der Waals surface area contributed by atoms with Crippen molar-refractivity contribution < 1.29 is 27.8 Å². The van der Waals surface area contributed by atoms with Crippen molar-refractivity contribution in [2.24, 2.45) is 0 Å². The van der Waals surface area contributed by atoms with E-state index in [9.17, 15) is 23.1 Å². The van der Waals surface area contributed by atoms with Gasteiger partial charge in [0.15, 0.2) is 0 Å². The minimum atomic E-state index is -4.45. The molecular weight excluding hydrogens is 389 g/mol. The SMILES string of the molecule is COc1ccc([C@@H](O)Cn2cnc(C(=O)Nc3ccc(C(F)(F)F)cc3)n2)cc1. The second kappa shape index (κ2) is 8.31. The molecule has 10 heteroatoms. The van der Waals surface area contributed by atoms with Gasteiger partial charge in [0.2, 0.25) is 5.82 Å². The number of nitrogens with zero attached hydrogens (tertiary/aromatic N) is 3. The molecule has 0 saturated heterocycles. The van der Waals surface area contributed by atoms with Gasteiger partial charge in [-0.3, -0.25) is 4.79 Å². The minimum absolute atomic E-state index is 0.0624. The van der Waals surface area contributed by atoms with Gasteiger partial charge in [-0.05, 0) is 42.0 Å². The predicted molar refractivity (Wildman–Crippen MR) is 97.4 cm³/mol. The summed E-state index contributed by atoms with van der Waals surface area (Å²) >= 11 is 0. The van der Waals surface area contributed by atoms with Gasteiger partial charge in [0.05, 0.1) is 25.3 Å². The Labute approximate surface area is 163 Å². The number of benzene rings is 2. The summed E-state index contributed by atoms with van der Waals surface area (Å²) < 4.78 is 44.1. The average Bonchev–Trinajstić information content (AvgIpc) is 3.16. The van der Waals surface area contributed by atoms with Crippen LogP contribution in [-0.2, 0) is 12.7 Å². The van der Waals surface area contributed by atoms with Gasteiger partial charge in [-0.1, -0.05) is 12.1 Å². The molecule has 0 aliphatic heterocycles. The topological polar surface area (TPSA) is 89.3 Å². The zero-order chi connectivity index (χ0) is 21.0. The fraction of sp³-hybridized carbons (Fsp3) is 0.211. The molecule has 0 unspecified atom stereocenters. The van der Waals surface area contributed by atoms with Crippen LogP contribution in [0, 0.1) is 0 Å². The molecule has 29 heavy (non-hydrogen) atoms. The van der Waals surface area contributed by atoms with E-state index in [0.717, 1.165) is 24.3 Å². The number of carbonyl (C=O) groups excluding carboxylic acids is 1. The van der Waals surface area contributed by atoms with Gasteiger partial charge < -0.3 is 15.2 Å². The number of ether oxygens (including phenoxy) is 1. The lowest BCUT2D eigenvalue weighted by molar-refractivity contribution is -0.137. The summed E-state index contributed by atoms with van der Waals surface area (Å²) in [6, 6.07) is 10.9. The summed E-state index contributed by atoms with van der Waals surface area (Å²) in [7, 11) is 1.54. The van der Waals surface area contributed by atoms with E-state index >= 15 is 0 Å². The Balaban J connectivity index is 1.62. The van der Waals surface area contributed by atoms with Gasteiger partial charge in [-0.2, -0.15) is 13.2 Å². The molecule has 1 atom stereocenters. The lowest BCUT2D eigenvalue weighted by Crippen LogP contribution is -2.15. The molecule has 2 aromatic carbocycles. The molecule has 1 amide bonds. The highest BCUT2D eigenvalue weighted by Gasteiger charge is 2.30. The zero-order valence-electron chi connectivity index (χ0n) is 15.2. The van der Waals surface area contributed by atoms with Gasteiger partial charge in [0.25, 0.3) is 5.91 Å². The molecule has 0 radical (unpaired) electrons. The molecule has 1 heterocycles. The first-order valence-corrected chi connectivity index (χ1v) is 8.46. The van der Waals surface area contributed by atoms with Crippen LogP contribution in [0.5, 0.6) is 5.75 Å². The maximum atomic E-state index is 12.6. The normalized spacial score (nSPS) is 12.4. The Kier molecular flexibility index (Phi) is 5.83. The molecule has 152 valence electrons. The third-order valence-electron chi connectivity index (χ3n) is 4.07. The number of carbonyl (C=O) groups is 1. The summed E-state index contributed by atoms with van der Waals surface area (Å²) in [4.78, 5) is 16.1. The van der Waals surface area contributed by atoms with Crippen LogP contribution < -0.4 is 10.1 Å². The first-order valence-electron chi connectivity index (χ1n) is 8.46. The number of halogens is 3. The molecule has 0 aliphatic carbocycles. The van der Waals surface area contributed by atoms with Crippen LogP contribution in [-0.4, -0.2) is 32.9 Å². The lowest BCUT2D eigenvalue weighted by atomic mass is 10.1. The summed E-state index contributed by atoms with van der Waals surface area (Å²) in [6.07, 6.45) is -4.05. The van der Waals surface area contributed by atoms with Gasteiger partial charge in [-0.25, -0.2) is 9.67 Å². The first-order chi connectivity index (χ1) is 13.8. The van der Waals surface area contributed by atoms with Crippen LogP contribution in [0.15, 0.2) is 54.9 Å². The van der Waals surface area contributed by atoms with Crippen LogP contribution in [0.2, 0.25) is 0 Å². The first kappa shape index (κ1) is 20.3. The second-order valence-corrected chi connectivity index (χ2v) is 6.11. The number of rotatable bonds is 6. The van der Waals surface area contributed by atoms with E-state index in [4.69, 9.17) is 4.74 Å². The van der Waals surface area contributed by atoms with Gasteiger partial charge in [0, 0.05) is 5.69 Å². The van der Waals surface area contributed by atoms with E-state index in [1.165, 1.54) is 18.1 Å². The largest absolute Gasteiger partial charge is 0.497 e. The number of alkyl halides is 3. The molecule has 0 aliphatic rings. The number of hydrogen-bond acceptors (Lipinski definition) is 5. The van der Waals surface area contributed by atoms with E-state index in [1.807, 2.05) is 0 Å². The Morgan fingerprint density at radius 1 is 1.17 bits per heavy atom. The quantitative estimate of drug-likeness (QED) is 0.656. The van der Waals surface area contributed by atoms with Crippen LogP contribution in [0.3, 0.4) is 0 Å². The summed E-state index contributed by atoms with van der Waals surface area (Å²) in [6.45, 7) is 0.0624. The number of aliphatic hydroxyl groups is 1. The molecule has 2 N–H and O–H groups in total. The van der Waals surface area contributed by atoms with Gasteiger partial charge in [0.1, 0.15) is 12.1 Å². The molecule has 0 saturated carbocycles. The number of aliphatic hydroxyl groups excluding tert-OH is 1. The minimum Gasteiger partial charge on any atom is -0.497 e. The summed E-state index contributed by atoms with van der Waals surface area (Å²) in [5.41, 5.74) is 0.0000879. The molecule has 3 rings (SSSR count). The highest BCUT2D eigenvalue weighted by molar-refractivity contribution is 6.01. The van der Waals surface area contributed by atoms with Crippen molar-refractivity contribution in [3.05, 3.63) is 71.8 Å². The van der Waals surface area contributed by atoms with Crippen LogP contribution in [0.25, 0.3) is 0 Å². The van der Waals surface area contributed by atoms with Crippen LogP contribution in [0.1, 0.15) is 27.8 Å². The predicted octanol–water partition coefficient (Wildman–Crippen LogP) is 3.29. The standard InChI is InChI=1S/C19H17F3N4O3/c1-29-15-8-2-12(3-9-15)16(27)10-26-11-23-17(25-26)18(28)24-14-6-4-13(5-7-14)19(20,21)22/h2-9,11,16,27H,10H2,1H3,(H,24,28)/t16-/m0/s1. The van der Waals surface area contributed by atoms with Crippen molar-refractivity contribution >= 4 is 11.6 Å². The van der Waals surface area contributed by atoms with Crippen molar-refractivity contribution in [1.82, 2.24) is 14.8 Å². The lowest BCUT2D eigenvalue weighted by Gasteiger charge is -2.11. The van der Waals surface area contributed by atoms with E-state index < -0.39 is 23.8 Å². The van der Waals surface area contributed by atoms with Crippen molar-refractivity contribution in [3.8, 4) is 5.75 Å². The molecule has 0 bridgehead atoms. The average molecular weight is 406 g/mol. The van der Waals surface area contributed by atoms with Crippen molar-refractivity contribution in [1.29, 1.82) is 0 Å². The van der Waals surface area contributed by atoms with Crippen LogP contribution in [0.4, 0.5) is 18.9 Å². The molecule has 1 aromatic heterocycles. The van der Waals surface area contributed by atoms with E-state index in [1.54, 1.807) is 24.3 Å². The number of methoxy groups -OCH3 is 1. The molecule has 3 aromatic rings. The van der Waals surface area contributed by atoms with Crippen molar-refractivity contribution in [3.63, 3.8) is 0 Å². The highest BCUT2D eigenvalue weighted by Crippen LogP contribution is 2.29. The summed E-state index contributed by atoms with van der Waals surface area (Å²) in [5, 5.41) is 16.7. The molecular formula is C19H17F3N4O3. The number of hydrogen-bond donors (Lipinski definition) is 2. The van der Waals surface area contributed by atoms with E-state index in [2.05, 4.69) is 15.4 Å². The monoisotopic (exact) mass is 406 g/mol. The summed E-state index contributed by atoms with van der Waals surface area (Å²) in [5.74, 6) is -0.196. The van der Waals surface area contributed by atoms with Crippen molar-refractivity contribution in [2.75, 3.05) is 12.4 Å². The van der Waals surface area contributed by atoms with E-state index in [0.29, 0.717) is 11.3 Å². The number of anilines is 1. The Bertz CT molecular complexity index is 970. The Hall–Kier alpha value is -3.40. The number of nitrogens with one attached hydrogen (secondary N) is 1. The fourth-order valence-corrected chi connectivity index (χ4v) is 2.52. The highest BCUT2D eigenvalue weighted by atomic mass is 19.4. The molecule has 7 nitrogen and oxygen atoms in total. The Morgan fingerprint density at radius 3 is 2.41 bits per heavy atom. The van der Waals surface area contributed by atoms with Gasteiger partial charge in [-0.15, -0.1) is 5.10 Å². The maximum absolute atomic E-state index is 12.6. The zero-order valence-corrected chi connectivity index (χ0v) is 15.2. The molecule has 0 spiro atoms. The number of aromatic nitrogens is 3. The third kappa shape index (κ3) is 5.11. The fourth-order valence-electron chi connectivity index (χ4n) is 2.52. The van der Waals surface area contributed by atoms with E-state index in [-0.39, 0.29) is 18.1 Å².